The maximum Gasteiger partial charge on any atom is 0.243 e. The predicted octanol–water partition coefficient (Wildman–Crippen LogP) is 6.23. The van der Waals surface area contributed by atoms with E-state index in [2.05, 4.69) is 12.2 Å². The first-order chi connectivity index (χ1) is 16.9. The normalized spacial score (nSPS) is 11.7. The van der Waals surface area contributed by atoms with Crippen LogP contribution in [0.3, 0.4) is 0 Å². The Bertz CT molecular complexity index is 1120. The summed E-state index contributed by atoms with van der Waals surface area (Å²) in [6.07, 6.45) is 2.19. The lowest BCUT2D eigenvalue weighted by molar-refractivity contribution is -0.140. The van der Waals surface area contributed by atoms with Gasteiger partial charge < -0.3 is 10.2 Å². The van der Waals surface area contributed by atoms with Crippen LogP contribution in [0, 0.1) is 5.82 Å². The minimum atomic E-state index is -0.741. The van der Waals surface area contributed by atoms with Crippen molar-refractivity contribution in [3.05, 3.63) is 105 Å². The van der Waals surface area contributed by atoms with Crippen LogP contribution in [0.2, 0.25) is 10.0 Å². The van der Waals surface area contributed by atoms with Gasteiger partial charge in [-0.25, -0.2) is 4.39 Å². The number of benzene rings is 3. The fourth-order valence-electron chi connectivity index (χ4n) is 3.77. The van der Waals surface area contributed by atoms with Crippen molar-refractivity contribution in [2.75, 3.05) is 6.54 Å². The molecule has 0 spiro atoms. The van der Waals surface area contributed by atoms with Crippen molar-refractivity contribution in [1.29, 1.82) is 0 Å². The van der Waals surface area contributed by atoms with Crippen molar-refractivity contribution < 1.29 is 14.0 Å². The predicted molar refractivity (Wildman–Crippen MR) is 139 cm³/mol. The van der Waals surface area contributed by atoms with E-state index in [0.717, 1.165) is 24.0 Å². The van der Waals surface area contributed by atoms with Gasteiger partial charge in [0.15, 0.2) is 0 Å². The quantitative estimate of drug-likeness (QED) is 0.308. The number of unbranched alkanes of at least 4 members (excludes halogenated alkanes) is 1. The Morgan fingerprint density at radius 2 is 1.60 bits per heavy atom. The molecule has 35 heavy (non-hydrogen) atoms. The molecule has 1 N–H and O–H groups in total. The third-order valence-corrected chi connectivity index (χ3v) is 6.45. The van der Waals surface area contributed by atoms with Crippen LogP contribution in [0.1, 0.15) is 36.5 Å². The molecule has 2 amide bonds. The van der Waals surface area contributed by atoms with E-state index in [0.29, 0.717) is 28.6 Å². The molecule has 0 aliphatic heterocycles. The zero-order valence-corrected chi connectivity index (χ0v) is 21.2. The first-order valence-corrected chi connectivity index (χ1v) is 12.4. The van der Waals surface area contributed by atoms with Gasteiger partial charge in [0.05, 0.1) is 16.5 Å². The number of rotatable bonds is 11. The second kappa shape index (κ2) is 13.3. The standard InChI is InChI=1S/C28H29Cl2FN2O2/c1-2-3-15-32-28(35)26(17-20-7-5-4-6-8-20)33(19-21-9-12-23(31)13-10-21)27(34)18-22-11-14-24(29)25(30)16-22/h4-14,16,26H,2-3,15,17-19H2,1H3,(H,32,35)/t26-/m1/s1. The van der Waals surface area contributed by atoms with Crippen LogP contribution in [0.5, 0.6) is 0 Å². The van der Waals surface area contributed by atoms with E-state index in [4.69, 9.17) is 23.2 Å². The lowest BCUT2D eigenvalue weighted by Gasteiger charge is -2.32. The van der Waals surface area contributed by atoms with Crippen molar-refractivity contribution in [3.8, 4) is 0 Å². The van der Waals surface area contributed by atoms with Crippen LogP contribution < -0.4 is 5.32 Å². The molecule has 4 nitrogen and oxygen atoms in total. The SMILES string of the molecule is CCCCNC(=O)[C@@H](Cc1ccccc1)N(Cc1ccc(F)cc1)C(=O)Cc1ccc(Cl)c(Cl)c1. The molecule has 0 radical (unpaired) electrons. The average molecular weight is 515 g/mol. The summed E-state index contributed by atoms with van der Waals surface area (Å²) >= 11 is 12.2. The van der Waals surface area contributed by atoms with E-state index in [1.807, 2.05) is 30.3 Å². The van der Waals surface area contributed by atoms with E-state index >= 15 is 0 Å². The van der Waals surface area contributed by atoms with Crippen LogP contribution in [0.25, 0.3) is 0 Å². The lowest BCUT2D eigenvalue weighted by atomic mass is 10.0. The van der Waals surface area contributed by atoms with E-state index in [9.17, 15) is 14.0 Å². The molecule has 3 rings (SSSR count). The van der Waals surface area contributed by atoms with Crippen molar-refractivity contribution in [1.82, 2.24) is 10.2 Å². The van der Waals surface area contributed by atoms with Crippen LogP contribution >= 0.6 is 23.2 Å². The molecule has 0 aliphatic carbocycles. The van der Waals surface area contributed by atoms with E-state index < -0.39 is 6.04 Å². The Labute approximate surface area is 216 Å². The molecule has 3 aromatic carbocycles. The van der Waals surface area contributed by atoms with E-state index in [1.165, 1.54) is 12.1 Å². The van der Waals surface area contributed by atoms with Gasteiger partial charge >= 0.3 is 0 Å². The van der Waals surface area contributed by atoms with Gasteiger partial charge in [-0.1, -0.05) is 85.1 Å². The maximum atomic E-state index is 13.6. The molecule has 3 aromatic rings. The number of hydrogen-bond acceptors (Lipinski definition) is 2. The molecule has 0 aromatic heterocycles. The summed E-state index contributed by atoms with van der Waals surface area (Å²) < 4.78 is 13.5. The molecule has 7 heteroatoms. The van der Waals surface area contributed by atoms with Gasteiger partial charge in [0, 0.05) is 19.5 Å². The van der Waals surface area contributed by atoms with Gasteiger partial charge in [-0.3, -0.25) is 9.59 Å². The Morgan fingerprint density at radius 3 is 2.26 bits per heavy atom. The molecule has 184 valence electrons. The Balaban J connectivity index is 1.94. The molecular weight excluding hydrogens is 486 g/mol. The summed E-state index contributed by atoms with van der Waals surface area (Å²) in [4.78, 5) is 28.6. The first kappa shape index (κ1) is 26.7. The van der Waals surface area contributed by atoms with Crippen LogP contribution in [-0.4, -0.2) is 29.3 Å². The minimum absolute atomic E-state index is 0.0472. The van der Waals surface area contributed by atoms with E-state index in [-0.39, 0.29) is 30.6 Å². The highest BCUT2D eigenvalue weighted by Crippen LogP contribution is 2.24. The molecule has 0 saturated heterocycles. The van der Waals surface area contributed by atoms with Crippen molar-refractivity contribution in [2.45, 2.75) is 45.2 Å². The van der Waals surface area contributed by atoms with Crippen LogP contribution in [0.15, 0.2) is 72.8 Å². The molecule has 1 atom stereocenters. The number of carbonyl (C=O) groups is 2. The van der Waals surface area contributed by atoms with Crippen LogP contribution in [-0.2, 0) is 29.0 Å². The largest absolute Gasteiger partial charge is 0.354 e. The van der Waals surface area contributed by atoms with Gasteiger partial charge in [0.1, 0.15) is 11.9 Å². The van der Waals surface area contributed by atoms with Gasteiger partial charge in [-0.2, -0.15) is 0 Å². The Kier molecular flexibility index (Phi) is 10.1. The highest BCUT2D eigenvalue weighted by Gasteiger charge is 2.30. The average Bonchev–Trinajstić information content (AvgIpc) is 2.85. The van der Waals surface area contributed by atoms with Gasteiger partial charge in [-0.15, -0.1) is 0 Å². The number of halogens is 3. The molecule has 0 fully saturated rings. The summed E-state index contributed by atoms with van der Waals surface area (Å²) in [5.74, 6) is -0.813. The molecule has 0 heterocycles. The van der Waals surface area contributed by atoms with Crippen molar-refractivity contribution in [2.24, 2.45) is 0 Å². The minimum Gasteiger partial charge on any atom is -0.354 e. The summed E-state index contributed by atoms with van der Waals surface area (Å²) in [7, 11) is 0. The first-order valence-electron chi connectivity index (χ1n) is 11.7. The van der Waals surface area contributed by atoms with Gasteiger partial charge in [-0.05, 0) is 47.4 Å². The Morgan fingerprint density at radius 1 is 0.914 bits per heavy atom. The lowest BCUT2D eigenvalue weighted by Crippen LogP contribution is -2.51. The monoisotopic (exact) mass is 514 g/mol. The number of carbonyl (C=O) groups excluding carboxylic acids is 2. The second-order valence-corrected chi connectivity index (χ2v) is 9.24. The zero-order valence-electron chi connectivity index (χ0n) is 19.6. The van der Waals surface area contributed by atoms with Gasteiger partial charge in [0.2, 0.25) is 11.8 Å². The summed E-state index contributed by atoms with van der Waals surface area (Å²) in [5.41, 5.74) is 2.36. The molecule has 0 bridgehead atoms. The maximum absolute atomic E-state index is 13.6. The molecule has 0 aliphatic rings. The zero-order chi connectivity index (χ0) is 25.2. The third kappa shape index (κ3) is 8.08. The number of nitrogens with zero attached hydrogens (tertiary/aromatic N) is 1. The smallest absolute Gasteiger partial charge is 0.243 e. The van der Waals surface area contributed by atoms with E-state index in [1.54, 1.807) is 35.2 Å². The van der Waals surface area contributed by atoms with Crippen molar-refractivity contribution in [3.63, 3.8) is 0 Å². The molecule has 0 saturated carbocycles. The number of hydrogen-bond donors (Lipinski definition) is 1. The topological polar surface area (TPSA) is 49.4 Å². The highest BCUT2D eigenvalue weighted by molar-refractivity contribution is 6.42. The Hall–Kier alpha value is -2.89. The van der Waals surface area contributed by atoms with Gasteiger partial charge in [0.25, 0.3) is 0 Å². The molecular formula is C28H29Cl2FN2O2. The summed E-state index contributed by atoms with van der Waals surface area (Å²) in [6, 6.07) is 19.9. The third-order valence-electron chi connectivity index (χ3n) is 5.71. The fraction of sp³-hybridized carbons (Fsp3) is 0.286. The summed E-state index contributed by atoms with van der Waals surface area (Å²) in [6.45, 7) is 2.75. The number of nitrogens with one attached hydrogen (secondary N) is 1. The highest BCUT2D eigenvalue weighted by atomic mass is 35.5. The van der Waals surface area contributed by atoms with Crippen LogP contribution in [0.4, 0.5) is 4.39 Å². The summed E-state index contributed by atoms with van der Waals surface area (Å²) in [5, 5.41) is 3.75. The fourth-order valence-corrected chi connectivity index (χ4v) is 4.09. The number of amides is 2. The van der Waals surface area contributed by atoms with Crippen molar-refractivity contribution >= 4 is 35.0 Å². The molecule has 0 unspecified atom stereocenters. The second-order valence-electron chi connectivity index (χ2n) is 8.42.